The molecule has 1 unspecified atom stereocenters. The van der Waals surface area contributed by atoms with Gasteiger partial charge in [0, 0.05) is 5.56 Å². The number of amidine groups is 1. The lowest BCUT2D eigenvalue weighted by molar-refractivity contribution is 0.0965. The quantitative estimate of drug-likeness (QED) is 0.569. The molecule has 0 aromatic heterocycles. The normalized spacial score (nSPS) is 12.6. The van der Waals surface area contributed by atoms with E-state index in [1.165, 1.54) is 6.07 Å². The summed E-state index contributed by atoms with van der Waals surface area (Å²) in [7, 11) is 0. The van der Waals surface area contributed by atoms with Gasteiger partial charge < -0.3 is 4.74 Å². The molecule has 0 fully saturated rings. The van der Waals surface area contributed by atoms with Crippen molar-refractivity contribution >= 4 is 35.1 Å². The molecular formula is C19H20Cl2N2O2. The second-order valence-corrected chi connectivity index (χ2v) is 6.27. The third-order valence-electron chi connectivity index (χ3n) is 3.44. The molecule has 0 bridgehead atoms. The predicted octanol–water partition coefficient (Wildman–Crippen LogP) is 5.27. The fourth-order valence-electron chi connectivity index (χ4n) is 2.09. The van der Waals surface area contributed by atoms with Gasteiger partial charge in [-0.3, -0.25) is 10.1 Å². The van der Waals surface area contributed by atoms with Gasteiger partial charge in [-0.1, -0.05) is 60.5 Å². The Morgan fingerprint density at radius 3 is 2.52 bits per heavy atom. The summed E-state index contributed by atoms with van der Waals surface area (Å²) in [5, 5.41) is 3.42. The molecule has 6 heteroatoms. The van der Waals surface area contributed by atoms with Crippen molar-refractivity contribution in [1.29, 1.82) is 0 Å². The van der Waals surface area contributed by atoms with Gasteiger partial charge >= 0.3 is 0 Å². The van der Waals surface area contributed by atoms with Crippen molar-refractivity contribution in [3.05, 3.63) is 69.7 Å². The summed E-state index contributed by atoms with van der Waals surface area (Å²) in [6.45, 7) is 4.39. The number of ether oxygens (including phenoxy) is 1. The number of nitrogens with one attached hydrogen (secondary N) is 1. The third-order valence-corrected chi connectivity index (χ3v) is 4.18. The number of carbonyl (C=O) groups is 1. The first kappa shape index (κ1) is 19.3. The summed E-state index contributed by atoms with van der Waals surface area (Å²) in [5.41, 5.74) is 1.42. The van der Waals surface area contributed by atoms with Gasteiger partial charge in [0.2, 0.25) is 0 Å². The Balaban J connectivity index is 2.17. The Bertz CT molecular complexity index is 748. The van der Waals surface area contributed by atoms with Gasteiger partial charge in [0.1, 0.15) is 0 Å². The first-order valence-electron chi connectivity index (χ1n) is 8.03. The van der Waals surface area contributed by atoms with E-state index in [-0.39, 0.29) is 18.0 Å². The number of rotatable bonds is 5. The highest BCUT2D eigenvalue weighted by Gasteiger charge is 2.13. The van der Waals surface area contributed by atoms with Crippen LogP contribution in [-0.4, -0.2) is 18.5 Å². The van der Waals surface area contributed by atoms with Crippen molar-refractivity contribution in [2.45, 2.75) is 26.3 Å². The molecule has 0 spiro atoms. The molecule has 1 N–H and O–H groups in total. The molecule has 132 valence electrons. The van der Waals surface area contributed by atoms with Crippen LogP contribution >= 0.6 is 23.2 Å². The molecule has 1 atom stereocenters. The van der Waals surface area contributed by atoms with E-state index >= 15 is 0 Å². The second-order valence-electron chi connectivity index (χ2n) is 5.45. The molecule has 25 heavy (non-hydrogen) atoms. The van der Waals surface area contributed by atoms with E-state index in [4.69, 9.17) is 27.9 Å². The molecule has 2 aromatic carbocycles. The highest BCUT2D eigenvalue weighted by molar-refractivity contribution is 6.42. The summed E-state index contributed by atoms with van der Waals surface area (Å²) in [5.74, 6) is -0.353. The zero-order valence-electron chi connectivity index (χ0n) is 14.1. The number of hydrogen-bond donors (Lipinski definition) is 1. The number of benzene rings is 2. The Labute approximate surface area is 157 Å². The van der Waals surface area contributed by atoms with Crippen molar-refractivity contribution < 1.29 is 9.53 Å². The van der Waals surface area contributed by atoms with Gasteiger partial charge in [-0.25, -0.2) is 4.99 Å². The Morgan fingerprint density at radius 2 is 1.88 bits per heavy atom. The van der Waals surface area contributed by atoms with Crippen LogP contribution in [0.15, 0.2) is 53.5 Å². The monoisotopic (exact) mass is 378 g/mol. The van der Waals surface area contributed by atoms with Gasteiger partial charge in [0.05, 0.1) is 22.7 Å². The van der Waals surface area contributed by atoms with Crippen LogP contribution in [0, 0.1) is 0 Å². The Kier molecular flexibility index (Phi) is 7.29. The van der Waals surface area contributed by atoms with E-state index in [1.54, 1.807) is 12.1 Å². The summed E-state index contributed by atoms with van der Waals surface area (Å²) in [4.78, 5) is 16.9. The molecule has 2 aromatic rings. The van der Waals surface area contributed by atoms with Crippen LogP contribution < -0.4 is 5.32 Å². The molecule has 0 aliphatic carbocycles. The fraction of sp³-hybridized carbons (Fsp3) is 0.263. The zero-order valence-corrected chi connectivity index (χ0v) is 15.6. The van der Waals surface area contributed by atoms with Crippen molar-refractivity contribution in [3.8, 4) is 0 Å². The maximum absolute atomic E-state index is 12.4. The van der Waals surface area contributed by atoms with Gasteiger partial charge in [-0.15, -0.1) is 0 Å². The minimum Gasteiger partial charge on any atom is -0.465 e. The number of nitrogens with zero attached hydrogens (tertiary/aromatic N) is 1. The maximum atomic E-state index is 12.4. The van der Waals surface area contributed by atoms with Gasteiger partial charge in [-0.05, 0) is 37.1 Å². The molecule has 4 nitrogen and oxygen atoms in total. The van der Waals surface area contributed by atoms with Crippen molar-refractivity contribution in [3.63, 3.8) is 0 Å². The molecule has 0 saturated heterocycles. The van der Waals surface area contributed by atoms with E-state index in [9.17, 15) is 4.79 Å². The first-order valence-corrected chi connectivity index (χ1v) is 8.78. The fourth-order valence-corrected chi connectivity index (χ4v) is 2.39. The maximum Gasteiger partial charge on any atom is 0.292 e. The second kappa shape index (κ2) is 9.44. The van der Waals surface area contributed by atoms with Crippen molar-refractivity contribution in [2.75, 3.05) is 6.61 Å². The number of aliphatic imine (C=N–C) groups is 1. The standard InChI is InChI=1S/C19H20Cl2N2O2/c1-3-11-25-19(22-13(2)14-7-5-4-6-8-14)23-18(24)15-9-10-16(20)17(21)12-15/h4-10,12-13H,3,11H2,1-2H3,(H,22,23,24). The SMILES string of the molecule is CCCOC(=NC(C)c1ccccc1)NC(=O)c1ccc(Cl)c(Cl)c1. The lowest BCUT2D eigenvalue weighted by Crippen LogP contribution is -2.33. The number of halogens is 2. The summed E-state index contributed by atoms with van der Waals surface area (Å²) >= 11 is 11.9. The predicted molar refractivity (Wildman–Crippen MR) is 102 cm³/mol. The molecule has 0 radical (unpaired) electrons. The largest absolute Gasteiger partial charge is 0.465 e. The number of carbonyl (C=O) groups excluding carboxylic acids is 1. The topological polar surface area (TPSA) is 50.7 Å². The van der Waals surface area contributed by atoms with Crippen molar-refractivity contribution in [2.24, 2.45) is 4.99 Å². The lowest BCUT2D eigenvalue weighted by atomic mass is 10.1. The van der Waals surface area contributed by atoms with E-state index < -0.39 is 0 Å². The van der Waals surface area contributed by atoms with Gasteiger partial charge in [0.25, 0.3) is 11.9 Å². The molecule has 0 aliphatic rings. The lowest BCUT2D eigenvalue weighted by Gasteiger charge is -2.13. The molecule has 0 saturated carbocycles. The van der Waals surface area contributed by atoms with E-state index in [1.807, 2.05) is 44.2 Å². The average molecular weight is 379 g/mol. The summed E-state index contributed by atoms with van der Waals surface area (Å²) in [6, 6.07) is 14.5. The summed E-state index contributed by atoms with van der Waals surface area (Å²) < 4.78 is 5.59. The molecule has 0 aliphatic heterocycles. The zero-order chi connectivity index (χ0) is 18.2. The van der Waals surface area contributed by atoms with E-state index in [0.717, 1.165) is 12.0 Å². The van der Waals surface area contributed by atoms with Crippen LogP contribution in [0.4, 0.5) is 0 Å². The highest BCUT2D eigenvalue weighted by atomic mass is 35.5. The van der Waals surface area contributed by atoms with Gasteiger partial charge in [0.15, 0.2) is 0 Å². The molecule has 1 amide bonds. The van der Waals surface area contributed by atoms with Crippen LogP contribution in [-0.2, 0) is 4.74 Å². The van der Waals surface area contributed by atoms with Crippen LogP contribution in [0.25, 0.3) is 0 Å². The Hall–Kier alpha value is -2.04. The summed E-state index contributed by atoms with van der Waals surface area (Å²) in [6.07, 6.45) is 0.807. The minimum absolute atomic E-state index is 0.151. The van der Waals surface area contributed by atoms with E-state index in [2.05, 4.69) is 10.3 Å². The molecule has 2 rings (SSSR count). The average Bonchev–Trinajstić information content (AvgIpc) is 2.62. The third kappa shape index (κ3) is 5.76. The first-order chi connectivity index (χ1) is 12.0. The molecule has 0 heterocycles. The van der Waals surface area contributed by atoms with Crippen LogP contribution in [0.2, 0.25) is 10.0 Å². The van der Waals surface area contributed by atoms with Gasteiger partial charge in [-0.2, -0.15) is 0 Å². The smallest absolute Gasteiger partial charge is 0.292 e. The van der Waals surface area contributed by atoms with Crippen LogP contribution in [0.5, 0.6) is 0 Å². The van der Waals surface area contributed by atoms with Crippen LogP contribution in [0.3, 0.4) is 0 Å². The van der Waals surface area contributed by atoms with Crippen molar-refractivity contribution in [1.82, 2.24) is 5.32 Å². The minimum atomic E-state index is -0.353. The number of hydrogen-bond acceptors (Lipinski definition) is 3. The van der Waals surface area contributed by atoms with E-state index in [0.29, 0.717) is 22.2 Å². The highest BCUT2D eigenvalue weighted by Crippen LogP contribution is 2.22. The molecular weight excluding hydrogens is 359 g/mol. The Morgan fingerprint density at radius 1 is 1.16 bits per heavy atom. The number of amides is 1. The van der Waals surface area contributed by atoms with Crippen LogP contribution in [0.1, 0.15) is 42.2 Å².